The molecule has 204 valence electrons. The molecule has 0 spiro atoms. The van der Waals surface area contributed by atoms with Gasteiger partial charge in [-0.1, -0.05) is 33.1 Å². The fourth-order valence-electron chi connectivity index (χ4n) is 3.60. The molecule has 0 aromatic carbocycles. The van der Waals surface area contributed by atoms with Gasteiger partial charge < -0.3 is 37.6 Å². The van der Waals surface area contributed by atoms with Crippen LogP contribution in [-0.4, -0.2) is 78.9 Å². The van der Waals surface area contributed by atoms with Crippen LogP contribution in [0.5, 0.6) is 0 Å². The molecule has 0 aromatic rings. The van der Waals surface area contributed by atoms with Crippen molar-refractivity contribution >= 4 is 44.7 Å². The molecule has 0 aromatic heterocycles. The molecule has 1 saturated heterocycles. The number of nitrogens with two attached hydrogens (primary N) is 1. The van der Waals surface area contributed by atoms with Crippen LogP contribution in [0.4, 0.5) is 0 Å². The van der Waals surface area contributed by atoms with E-state index in [1.165, 1.54) is 0 Å². The van der Waals surface area contributed by atoms with Crippen LogP contribution >= 0.6 is 9.24 Å². The summed E-state index contributed by atoms with van der Waals surface area (Å²) in [6.07, 6.45) is 3.92. The smallest absolute Gasteiger partial charge is 0.243 e. The predicted molar refractivity (Wildman–Crippen MR) is 139 cm³/mol. The van der Waals surface area contributed by atoms with E-state index >= 15 is 0 Å². The third-order valence-electron chi connectivity index (χ3n) is 5.70. The minimum Gasteiger partial charge on any atom is -0.370 e. The van der Waals surface area contributed by atoms with Crippen molar-refractivity contribution in [1.29, 1.82) is 5.41 Å². The molecule has 0 saturated carbocycles. The highest BCUT2D eigenvalue weighted by Gasteiger charge is 2.31. The normalized spacial score (nSPS) is 24.2. The SMILES string of the molecule is CCCCCC1NC(=O)C(CCCNC(=N)N)NC(=O)CNC(=O)C(CC)NC(=O)C(CP)NC1=O. The summed E-state index contributed by atoms with van der Waals surface area (Å²) in [6.45, 7) is 3.66. The maximum absolute atomic E-state index is 13.1. The Hall–Kier alpha value is -2.95. The fraction of sp³-hybridized carbons (Fsp3) is 0.727. The van der Waals surface area contributed by atoms with Gasteiger partial charge in [-0.2, -0.15) is 0 Å². The van der Waals surface area contributed by atoms with E-state index in [-0.39, 0.29) is 31.5 Å². The van der Waals surface area contributed by atoms with Crippen molar-refractivity contribution in [2.24, 2.45) is 5.73 Å². The molecule has 1 aliphatic heterocycles. The van der Waals surface area contributed by atoms with Gasteiger partial charge in [0.1, 0.15) is 24.2 Å². The number of hydrogen-bond donors (Lipinski definition) is 8. The Morgan fingerprint density at radius 3 is 2.00 bits per heavy atom. The Morgan fingerprint density at radius 2 is 1.42 bits per heavy atom. The third-order valence-corrected chi connectivity index (χ3v) is 6.17. The van der Waals surface area contributed by atoms with Gasteiger partial charge in [0.2, 0.25) is 29.5 Å². The molecule has 1 heterocycles. The second-order valence-corrected chi connectivity index (χ2v) is 9.12. The molecule has 5 unspecified atom stereocenters. The number of unbranched alkanes of at least 4 members (excludes halogenated alkanes) is 2. The van der Waals surface area contributed by atoms with E-state index in [9.17, 15) is 24.0 Å². The van der Waals surface area contributed by atoms with E-state index in [1.807, 2.05) is 6.92 Å². The van der Waals surface area contributed by atoms with E-state index in [0.717, 1.165) is 12.8 Å². The largest absolute Gasteiger partial charge is 0.370 e. The van der Waals surface area contributed by atoms with Crippen molar-refractivity contribution in [2.45, 2.75) is 83.0 Å². The molecule has 14 heteroatoms. The minimum atomic E-state index is -0.978. The van der Waals surface area contributed by atoms with Gasteiger partial charge in [-0.3, -0.25) is 29.4 Å². The lowest BCUT2D eigenvalue weighted by Gasteiger charge is -2.25. The van der Waals surface area contributed by atoms with Gasteiger partial charge in [-0.05, 0) is 31.8 Å². The molecule has 5 amide bonds. The second kappa shape index (κ2) is 16.7. The van der Waals surface area contributed by atoms with E-state index in [4.69, 9.17) is 11.1 Å². The maximum Gasteiger partial charge on any atom is 0.243 e. The zero-order valence-electron chi connectivity index (χ0n) is 21.1. The Morgan fingerprint density at radius 1 is 0.861 bits per heavy atom. The zero-order valence-corrected chi connectivity index (χ0v) is 22.2. The Kier molecular flexibility index (Phi) is 14.4. The number of carbonyl (C=O) groups is 5. The first-order chi connectivity index (χ1) is 17.1. The van der Waals surface area contributed by atoms with E-state index in [0.29, 0.717) is 25.8 Å². The standard InChI is InChI=1S/C22H41N8O5P/c1-3-5-6-8-15-20(34)30-16(12-36)21(35)28-13(4-2)18(32)26-11-17(31)27-14(19(33)29-15)9-7-10-25-22(23)24/h13-16H,3-12,36H2,1-2H3,(H,26,32)(H,27,31)(H,28,35)(H,29,33)(H,30,34)(H4,23,24,25). The summed E-state index contributed by atoms with van der Waals surface area (Å²) >= 11 is 0. The topological polar surface area (TPSA) is 207 Å². The van der Waals surface area contributed by atoms with Crippen molar-refractivity contribution in [3.8, 4) is 0 Å². The van der Waals surface area contributed by atoms with Gasteiger partial charge in [0.25, 0.3) is 0 Å². The minimum absolute atomic E-state index is 0.205. The van der Waals surface area contributed by atoms with Gasteiger partial charge >= 0.3 is 0 Å². The Labute approximate surface area is 214 Å². The molecule has 0 bridgehead atoms. The Balaban J connectivity index is 3.19. The molecule has 13 nitrogen and oxygen atoms in total. The van der Waals surface area contributed by atoms with Crippen LogP contribution in [0.2, 0.25) is 0 Å². The van der Waals surface area contributed by atoms with Gasteiger partial charge in [-0.15, -0.1) is 9.24 Å². The Bertz CT molecular complexity index is 796. The van der Waals surface area contributed by atoms with Gasteiger partial charge in [0.05, 0.1) is 6.54 Å². The van der Waals surface area contributed by atoms with Crippen molar-refractivity contribution in [3.05, 3.63) is 0 Å². The van der Waals surface area contributed by atoms with Crippen molar-refractivity contribution < 1.29 is 24.0 Å². The summed E-state index contributed by atoms with van der Waals surface area (Å²) in [4.78, 5) is 64.1. The van der Waals surface area contributed by atoms with E-state index in [2.05, 4.69) is 41.1 Å². The summed E-state index contributed by atoms with van der Waals surface area (Å²) in [5.74, 6) is -2.95. The molecular formula is C22H41N8O5P. The lowest BCUT2D eigenvalue weighted by atomic mass is 10.0. The number of amides is 5. The van der Waals surface area contributed by atoms with Crippen LogP contribution < -0.4 is 37.6 Å². The molecule has 36 heavy (non-hydrogen) atoms. The number of hydrogen-bond acceptors (Lipinski definition) is 6. The molecule has 5 atom stereocenters. The fourth-order valence-corrected chi connectivity index (χ4v) is 3.93. The molecule has 0 radical (unpaired) electrons. The first kappa shape index (κ1) is 31.1. The van der Waals surface area contributed by atoms with Crippen LogP contribution in [0.3, 0.4) is 0 Å². The first-order valence-electron chi connectivity index (χ1n) is 12.4. The highest BCUT2D eigenvalue weighted by atomic mass is 31.0. The highest BCUT2D eigenvalue weighted by molar-refractivity contribution is 7.16. The lowest BCUT2D eigenvalue weighted by molar-refractivity contribution is -0.133. The molecule has 0 aliphatic carbocycles. The third kappa shape index (κ3) is 11.2. The maximum atomic E-state index is 13.1. The summed E-state index contributed by atoms with van der Waals surface area (Å²) < 4.78 is 0. The average Bonchev–Trinajstić information content (AvgIpc) is 2.84. The summed E-state index contributed by atoms with van der Waals surface area (Å²) in [6, 6.07) is -3.69. The van der Waals surface area contributed by atoms with Crippen molar-refractivity contribution in [1.82, 2.24) is 31.9 Å². The average molecular weight is 529 g/mol. The summed E-state index contributed by atoms with van der Waals surface area (Å²) in [5, 5.41) is 23.0. The van der Waals surface area contributed by atoms with E-state index in [1.54, 1.807) is 6.92 Å². The van der Waals surface area contributed by atoms with Gasteiger partial charge in [-0.25, -0.2) is 0 Å². The quantitative estimate of drug-likeness (QED) is 0.0704. The molecule has 1 rings (SSSR count). The van der Waals surface area contributed by atoms with Crippen LogP contribution in [0.25, 0.3) is 0 Å². The van der Waals surface area contributed by atoms with Gasteiger partial charge in [0.15, 0.2) is 5.96 Å². The lowest BCUT2D eigenvalue weighted by Crippen LogP contribution is -2.58. The number of nitrogens with one attached hydrogen (secondary N) is 7. The second-order valence-electron chi connectivity index (χ2n) is 8.64. The van der Waals surface area contributed by atoms with Crippen molar-refractivity contribution in [3.63, 3.8) is 0 Å². The first-order valence-corrected chi connectivity index (χ1v) is 13.2. The van der Waals surface area contributed by atoms with Gasteiger partial charge in [0, 0.05) is 6.54 Å². The highest BCUT2D eigenvalue weighted by Crippen LogP contribution is 2.07. The molecule has 1 aliphatic rings. The summed E-state index contributed by atoms with van der Waals surface area (Å²) in [5.41, 5.74) is 5.28. The zero-order chi connectivity index (χ0) is 27.1. The monoisotopic (exact) mass is 528 g/mol. The van der Waals surface area contributed by atoms with Crippen LogP contribution in [0, 0.1) is 5.41 Å². The van der Waals surface area contributed by atoms with Crippen LogP contribution in [0.1, 0.15) is 58.8 Å². The molecule has 1 fully saturated rings. The van der Waals surface area contributed by atoms with Crippen molar-refractivity contribution in [2.75, 3.05) is 19.3 Å². The molecule has 9 N–H and O–H groups in total. The number of carbonyl (C=O) groups excluding carboxylic acids is 5. The predicted octanol–water partition coefficient (Wildman–Crippen LogP) is -1.82. The van der Waals surface area contributed by atoms with E-state index < -0.39 is 53.7 Å². The van der Waals surface area contributed by atoms with Crippen LogP contribution in [-0.2, 0) is 24.0 Å². The molecular weight excluding hydrogens is 487 g/mol. The number of guanidine groups is 1. The summed E-state index contributed by atoms with van der Waals surface area (Å²) in [7, 11) is 2.40. The van der Waals surface area contributed by atoms with Crippen LogP contribution in [0.15, 0.2) is 0 Å². The number of rotatable bonds is 10.